The van der Waals surface area contributed by atoms with Crippen LogP contribution in [0.2, 0.25) is 0 Å². The van der Waals surface area contributed by atoms with Gasteiger partial charge >= 0.3 is 6.09 Å². The minimum atomic E-state index is -0.273. The molecule has 45 heavy (non-hydrogen) atoms. The predicted molar refractivity (Wildman–Crippen MR) is 175 cm³/mol. The fraction of sp³-hybridized carbons (Fsp3) is 0.471. The van der Waals surface area contributed by atoms with Gasteiger partial charge in [-0.05, 0) is 81.3 Å². The van der Waals surface area contributed by atoms with Gasteiger partial charge in [-0.3, -0.25) is 14.1 Å². The second kappa shape index (κ2) is 14.7. The topological polar surface area (TPSA) is 115 Å². The molecule has 0 saturated carbocycles. The number of hydrogen-bond donors (Lipinski definition) is 3. The van der Waals surface area contributed by atoms with Gasteiger partial charge in [0.1, 0.15) is 12.0 Å². The number of anilines is 1. The number of carbonyl (C=O) groups is 3. The highest BCUT2D eigenvalue weighted by Gasteiger charge is 2.36. The number of piperidine rings is 1. The number of allylic oxidation sites excluding steroid dienone is 2. The van der Waals surface area contributed by atoms with Gasteiger partial charge in [0, 0.05) is 62.9 Å². The minimum Gasteiger partial charge on any atom is -0.450 e. The lowest BCUT2D eigenvalue weighted by molar-refractivity contribution is -0.765. The summed E-state index contributed by atoms with van der Waals surface area (Å²) >= 11 is 0. The summed E-state index contributed by atoms with van der Waals surface area (Å²) in [5, 5.41) is 9.46. The van der Waals surface area contributed by atoms with Crippen molar-refractivity contribution in [1.82, 2.24) is 20.4 Å². The van der Waals surface area contributed by atoms with E-state index in [0.29, 0.717) is 62.2 Å². The molecule has 0 aliphatic carbocycles. The highest BCUT2D eigenvalue weighted by molar-refractivity contribution is 6.00. The molecule has 11 heteroatoms. The van der Waals surface area contributed by atoms with Crippen LogP contribution in [0.15, 0.2) is 76.7 Å². The van der Waals surface area contributed by atoms with Crippen LogP contribution in [-0.4, -0.2) is 105 Å². The number of hydrogen-bond acceptors (Lipinski definition) is 7. The van der Waals surface area contributed by atoms with Gasteiger partial charge < -0.3 is 30.5 Å². The molecular weight excluding hydrogens is 570 g/mol. The number of nitrogens with one attached hydrogen (secondary N) is 3. The second-order valence-corrected chi connectivity index (χ2v) is 12.0. The Bertz CT molecular complexity index is 1420. The monoisotopic (exact) mass is 616 g/mol. The average molecular weight is 617 g/mol. The van der Waals surface area contributed by atoms with E-state index < -0.39 is 0 Å². The van der Waals surface area contributed by atoms with Crippen molar-refractivity contribution in [2.24, 2.45) is 10.9 Å². The summed E-state index contributed by atoms with van der Waals surface area (Å²) in [7, 11) is 4.03. The van der Waals surface area contributed by atoms with E-state index in [9.17, 15) is 14.4 Å². The number of quaternary nitrogens is 1. The van der Waals surface area contributed by atoms with Crippen molar-refractivity contribution in [1.29, 1.82) is 0 Å². The first-order chi connectivity index (χ1) is 21.8. The third kappa shape index (κ3) is 7.72. The third-order valence-corrected chi connectivity index (χ3v) is 8.87. The Morgan fingerprint density at radius 1 is 1.04 bits per heavy atom. The summed E-state index contributed by atoms with van der Waals surface area (Å²) in [5.41, 5.74) is 3.77. The Kier molecular flexibility index (Phi) is 10.5. The van der Waals surface area contributed by atoms with Gasteiger partial charge in [-0.15, -0.1) is 0 Å². The fourth-order valence-corrected chi connectivity index (χ4v) is 6.18. The molecule has 240 valence electrons. The number of nitrogens with zero attached hydrogens (tertiary/aromatic N) is 4. The van der Waals surface area contributed by atoms with Crippen molar-refractivity contribution in [3.8, 4) is 0 Å². The van der Waals surface area contributed by atoms with Crippen molar-refractivity contribution >= 4 is 29.4 Å². The minimum absolute atomic E-state index is 0.0105. The first kappa shape index (κ1) is 32.2. The number of rotatable bonds is 9. The molecule has 11 nitrogen and oxygen atoms in total. The molecule has 4 heterocycles. The summed E-state index contributed by atoms with van der Waals surface area (Å²) in [6.07, 6.45) is 13.3. The van der Waals surface area contributed by atoms with Crippen LogP contribution in [0.5, 0.6) is 0 Å². The van der Waals surface area contributed by atoms with Crippen LogP contribution in [0.25, 0.3) is 0 Å². The molecule has 0 spiro atoms. The van der Waals surface area contributed by atoms with E-state index >= 15 is 0 Å². The SMILES string of the molecule is CCOC(=O)N1CC=C(C2=CC=C[N+]3(C)CCC=C(Nc4ccc(C(=O)N5CCC(C(=O)NCCNC)CC5)cc4)N=C23)CC1. The third-order valence-electron chi connectivity index (χ3n) is 8.87. The lowest BCUT2D eigenvalue weighted by atomic mass is 9.95. The van der Waals surface area contributed by atoms with Crippen LogP contribution in [0, 0.1) is 5.92 Å². The first-order valence-electron chi connectivity index (χ1n) is 16.1. The summed E-state index contributed by atoms with van der Waals surface area (Å²) < 4.78 is 5.77. The van der Waals surface area contributed by atoms with E-state index in [4.69, 9.17) is 9.73 Å². The van der Waals surface area contributed by atoms with Gasteiger partial charge in [0.05, 0.1) is 25.8 Å². The Morgan fingerprint density at radius 3 is 2.51 bits per heavy atom. The Balaban J connectivity index is 1.22. The lowest BCUT2D eigenvalue weighted by Crippen LogP contribution is -2.47. The number of amides is 3. The molecule has 3 amide bonds. The van der Waals surface area contributed by atoms with E-state index in [0.717, 1.165) is 48.8 Å². The van der Waals surface area contributed by atoms with E-state index in [1.807, 2.05) is 43.1 Å². The molecular formula is C34H46N7O4+. The summed E-state index contributed by atoms with van der Waals surface area (Å²) in [6.45, 7) is 6.69. The van der Waals surface area contributed by atoms with Crippen LogP contribution >= 0.6 is 0 Å². The van der Waals surface area contributed by atoms with Crippen molar-refractivity contribution in [2.45, 2.75) is 32.6 Å². The van der Waals surface area contributed by atoms with Gasteiger partial charge in [0.25, 0.3) is 5.91 Å². The van der Waals surface area contributed by atoms with Gasteiger partial charge in [0.2, 0.25) is 11.7 Å². The predicted octanol–water partition coefficient (Wildman–Crippen LogP) is 3.62. The van der Waals surface area contributed by atoms with Crippen molar-refractivity contribution in [3.05, 3.63) is 77.3 Å². The van der Waals surface area contributed by atoms with Gasteiger partial charge in [0.15, 0.2) is 0 Å². The summed E-state index contributed by atoms with van der Waals surface area (Å²) in [5.74, 6) is 1.76. The van der Waals surface area contributed by atoms with Crippen LogP contribution in [-0.2, 0) is 9.53 Å². The van der Waals surface area contributed by atoms with E-state index in [-0.39, 0.29) is 23.8 Å². The Labute approximate surface area is 266 Å². The van der Waals surface area contributed by atoms with Crippen molar-refractivity contribution in [2.75, 3.05) is 71.8 Å². The van der Waals surface area contributed by atoms with E-state index in [2.05, 4.69) is 53.5 Å². The molecule has 0 aromatic heterocycles. The molecule has 0 bridgehead atoms. The van der Waals surface area contributed by atoms with E-state index in [1.165, 1.54) is 5.57 Å². The van der Waals surface area contributed by atoms with Crippen LogP contribution in [0.3, 0.4) is 0 Å². The normalized spacial score (nSPS) is 21.8. The molecule has 1 atom stereocenters. The zero-order valence-electron chi connectivity index (χ0n) is 26.7. The van der Waals surface area contributed by atoms with Crippen LogP contribution < -0.4 is 16.0 Å². The van der Waals surface area contributed by atoms with E-state index in [1.54, 1.807) is 4.90 Å². The summed E-state index contributed by atoms with van der Waals surface area (Å²) in [4.78, 5) is 46.5. The Hall–Kier alpha value is -4.22. The number of ether oxygens (including phenoxy) is 1. The standard InChI is InChI=1S/C34H45N7O4/c1-4-45-34(44)40-21-13-25(14-22-40)29-7-5-23-41(3)24-6-8-30(38-31(29)41)37-28-11-9-27(10-12-28)33(43)39-19-15-26(16-20-39)32(42)36-18-17-35-2/h5,7-13,23,26,35H,4,6,14-22,24H2,1-3H3,(H-,36,37,42,43)/p+1. The molecule has 4 aliphatic heterocycles. The molecule has 1 unspecified atom stereocenters. The molecule has 1 fully saturated rings. The lowest BCUT2D eigenvalue weighted by Gasteiger charge is -2.34. The smallest absolute Gasteiger partial charge is 0.410 e. The number of carbonyl (C=O) groups excluding carboxylic acids is 3. The Morgan fingerprint density at radius 2 is 1.82 bits per heavy atom. The maximum absolute atomic E-state index is 13.2. The average Bonchev–Trinajstić information content (AvgIpc) is 3.23. The maximum atomic E-state index is 13.2. The highest BCUT2D eigenvalue weighted by atomic mass is 16.6. The molecule has 1 saturated heterocycles. The number of amidine groups is 1. The molecule has 0 radical (unpaired) electrons. The fourth-order valence-electron chi connectivity index (χ4n) is 6.18. The molecule has 3 N–H and O–H groups in total. The second-order valence-electron chi connectivity index (χ2n) is 12.0. The highest BCUT2D eigenvalue weighted by Crippen LogP contribution is 2.31. The number of benzene rings is 1. The number of likely N-dealkylation sites (N-methyl/N-ethyl adjacent to an activating group) is 2. The quantitative estimate of drug-likeness (QED) is 0.289. The number of likely N-dealkylation sites (tertiary alicyclic amines) is 1. The molecule has 1 aromatic rings. The molecule has 4 aliphatic rings. The molecule has 5 rings (SSSR count). The van der Waals surface area contributed by atoms with Gasteiger partial charge in [-0.1, -0.05) is 6.08 Å². The first-order valence-corrected chi connectivity index (χ1v) is 16.1. The summed E-state index contributed by atoms with van der Waals surface area (Å²) in [6, 6.07) is 7.53. The van der Waals surface area contributed by atoms with Crippen LogP contribution in [0.1, 0.15) is 43.0 Å². The zero-order valence-corrected chi connectivity index (χ0v) is 26.7. The van der Waals surface area contributed by atoms with Gasteiger partial charge in [-0.2, -0.15) is 4.99 Å². The maximum Gasteiger partial charge on any atom is 0.410 e. The number of fused-ring (bicyclic) bond motifs is 1. The van der Waals surface area contributed by atoms with Crippen molar-refractivity contribution < 1.29 is 23.6 Å². The van der Waals surface area contributed by atoms with Gasteiger partial charge in [-0.25, -0.2) is 4.79 Å². The zero-order chi connectivity index (χ0) is 31.8. The largest absolute Gasteiger partial charge is 0.450 e. The van der Waals surface area contributed by atoms with Crippen LogP contribution in [0.4, 0.5) is 10.5 Å². The molecule has 1 aromatic carbocycles. The van der Waals surface area contributed by atoms with Crippen molar-refractivity contribution in [3.63, 3.8) is 0 Å². The number of aliphatic imine (C=N–C) groups is 1.